The van der Waals surface area contributed by atoms with Crippen LogP contribution >= 0.6 is 11.6 Å². The molecule has 1 aromatic rings. The first-order valence-corrected chi connectivity index (χ1v) is 10.2. The van der Waals surface area contributed by atoms with E-state index in [1.54, 1.807) is 0 Å². The molecular weight excluding hydrogens is 348 g/mol. The summed E-state index contributed by atoms with van der Waals surface area (Å²) >= 11 is 5.95. The van der Waals surface area contributed by atoms with Gasteiger partial charge in [-0.05, 0) is 61.9 Å². The molecule has 6 heteroatoms. The second kappa shape index (κ2) is 9.47. The van der Waals surface area contributed by atoms with E-state index in [9.17, 15) is 4.79 Å². The topological polar surface area (TPSA) is 47.6 Å². The third-order valence-electron chi connectivity index (χ3n) is 5.48. The van der Waals surface area contributed by atoms with Crippen LogP contribution in [-0.2, 0) is 0 Å². The number of nitrogens with zero attached hydrogens (tertiary/aromatic N) is 2. The van der Waals surface area contributed by atoms with Gasteiger partial charge < -0.3 is 20.4 Å². The summed E-state index contributed by atoms with van der Waals surface area (Å²) in [5.74, 6) is 1.28. The van der Waals surface area contributed by atoms with Crippen LogP contribution in [0.2, 0.25) is 5.02 Å². The highest BCUT2D eigenvalue weighted by Gasteiger charge is 2.23. The van der Waals surface area contributed by atoms with E-state index >= 15 is 0 Å². The van der Waals surface area contributed by atoms with E-state index in [0.717, 1.165) is 63.2 Å². The third-order valence-corrected chi connectivity index (χ3v) is 5.74. The van der Waals surface area contributed by atoms with Crippen LogP contribution in [0.25, 0.3) is 0 Å². The van der Waals surface area contributed by atoms with Gasteiger partial charge in [-0.3, -0.25) is 0 Å². The van der Waals surface area contributed by atoms with E-state index in [-0.39, 0.29) is 6.03 Å². The highest BCUT2D eigenvalue weighted by Crippen LogP contribution is 2.24. The fourth-order valence-corrected chi connectivity index (χ4v) is 4.13. The minimum Gasteiger partial charge on any atom is -0.371 e. The molecule has 2 amide bonds. The van der Waals surface area contributed by atoms with Crippen molar-refractivity contribution in [1.29, 1.82) is 0 Å². The Kier molecular flexibility index (Phi) is 7.03. The van der Waals surface area contributed by atoms with Gasteiger partial charge in [0.25, 0.3) is 0 Å². The summed E-state index contributed by atoms with van der Waals surface area (Å²) < 4.78 is 0. The van der Waals surface area contributed by atoms with E-state index in [4.69, 9.17) is 11.6 Å². The molecule has 1 aromatic carbocycles. The first-order chi connectivity index (χ1) is 12.6. The second-order valence-corrected chi connectivity index (χ2v) is 8.20. The van der Waals surface area contributed by atoms with Crippen molar-refractivity contribution in [3.05, 3.63) is 29.3 Å². The predicted octanol–water partition coefficient (Wildman–Crippen LogP) is 3.20. The van der Waals surface area contributed by atoms with Crippen molar-refractivity contribution in [1.82, 2.24) is 15.5 Å². The largest absolute Gasteiger partial charge is 0.371 e. The number of urea groups is 1. The van der Waals surface area contributed by atoms with Gasteiger partial charge in [-0.25, -0.2) is 4.79 Å². The molecule has 2 aliphatic rings. The number of likely N-dealkylation sites (tertiary alicyclic amines) is 1. The Hall–Kier alpha value is -1.46. The minimum atomic E-state index is -0.0417. The van der Waals surface area contributed by atoms with Crippen LogP contribution in [-0.4, -0.2) is 56.7 Å². The SMILES string of the molecule is C[C@H]1CCCN(CCNC(=O)NC[C@H]2CCN(c3ccc(Cl)cc3)C2)C1. The number of benzene rings is 1. The monoisotopic (exact) mass is 378 g/mol. The maximum atomic E-state index is 12.0. The molecule has 2 atom stereocenters. The minimum absolute atomic E-state index is 0.0417. The Balaban J connectivity index is 1.30. The van der Waals surface area contributed by atoms with E-state index in [1.807, 2.05) is 12.1 Å². The zero-order valence-electron chi connectivity index (χ0n) is 15.7. The number of hydrogen-bond acceptors (Lipinski definition) is 3. The molecule has 0 saturated carbocycles. The lowest BCUT2D eigenvalue weighted by molar-refractivity contribution is 0.183. The zero-order valence-corrected chi connectivity index (χ0v) is 16.5. The molecule has 0 aromatic heterocycles. The number of anilines is 1. The summed E-state index contributed by atoms with van der Waals surface area (Å²) in [6.07, 6.45) is 3.71. The Morgan fingerprint density at radius 1 is 1.15 bits per heavy atom. The Morgan fingerprint density at radius 3 is 2.73 bits per heavy atom. The maximum Gasteiger partial charge on any atom is 0.314 e. The summed E-state index contributed by atoms with van der Waals surface area (Å²) in [6.45, 7) is 9.04. The van der Waals surface area contributed by atoms with E-state index in [1.165, 1.54) is 18.5 Å². The fraction of sp³-hybridized carbons (Fsp3) is 0.650. The van der Waals surface area contributed by atoms with E-state index in [0.29, 0.717) is 5.92 Å². The molecule has 26 heavy (non-hydrogen) atoms. The molecule has 0 bridgehead atoms. The van der Waals surface area contributed by atoms with Crippen LogP contribution < -0.4 is 15.5 Å². The van der Waals surface area contributed by atoms with Crippen LogP contribution in [0.15, 0.2) is 24.3 Å². The van der Waals surface area contributed by atoms with Gasteiger partial charge >= 0.3 is 6.03 Å². The molecule has 2 heterocycles. The molecule has 5 nitrogen and oxygen atoms in total. The predicted molar refractivity (Wildman–Crippen MR) is 108 cm³/mol. The normalized spacial score (nSPS) is 23.8. The number of rotatable bonds is 6. The van der Waals surface area contributed by atoms with Crippen molar-refractivity contribution in [2.24, 2.45) is 11.8 Å². The van der Waals surface area contributed by atoms with Crippen LogP contribution in [0.5, 0.6) is 0 Å². The van der Waals surface area contributed by atoms with E-state index in [2.05, 4.69) is 39.5 Å². The molecular formula is C20H31ClN4O. The smallest absolute Gasteiger partial charge is 0.314 e. The van der Waals surface area contributed by atoms with Crippen LogP contribution in [0.1, 0.15) is 26.2 Å². The van der Waals surface area contributed by atoms with Crippen LogP contribution in [0.4, 0.5) is 10.5 Å². The van der Waals surface area contributed by atoms with Crippen LogP contribution in [0, 0.1) is 11.8 Å². The summed E-state index contributed by atoms with van der Waals surface area (Å²) in [7, 11) is 0. The maximum absolute atomic E-state index is 12.0. The van der Waals surface area contributed by atoms with Gasteiger partial charge in [0.05, 0.1) is 0 Å². The van der Waals surface area contributed by atoms with Gasteiger partial charge in [0.1, 0.15) is 0 Å². The molecule has 0 radical (unpaired) electrons. The standard InChI is InChI=1S/C20H31ClN4O/c1-16-3-2-10-24(14-16)12-9-22-20(26)23-13-17-8-11-25(15-17)19-6-4-18(21)5-7-19/h4-7,16-17H,2-3,8-15H2,1H3,(H2,22,23,26)/t16-,17+/m0/s1. The van der Waals surface area contributed by atoms with Gasteiger partial charge in [-0.2, -0.15) is 0 Å². The fourth-order valence-electron chi connectivity index (χ4n) is 4.00. The van der Waals surface area contributed by atoms with Gasteiger partial charge in [-0.15, -0.1) is 0 Å². The summed E-state index contributed by atoms with van der Waals surface area (Å²) in [4.78, 5) is 16.8. The Bertz CT molecular complexity index is 580. The van der Waals surface area contributed by atoms with Crippen molar-refractivity contribution in [3.63, 3.8) is 0 Å². The van der Waals surface area contributed by atoms with Crippen molar-refractivity contribution < 1.29 is 4.79 Å². The lowest BCUT2D eigenvalue weighted by Gasteiger charge is -2.30. The second-order valence-electron chi connectivity index (χ2n) is 7.76. The number of carbonyl (C=O) groups excluding carboxylic acids is 1. The molecule has 0 aliphatic carbocycles. The van der Waals surface area contributed by atoms with Crippen molar-refractivity contribution in [3.8, 4) is 0 Å². The lowest BCUT2D eigenvalue weighted by Crippen LogP contribution is -2.44. The Labute approximate surface area is 162 Å². The molecule has 3 rings (SSSR count). The molecule has 2 fully saturated rings. The van der Waals surface area contributed by atoms with Gasteiger partial charge in [-0.1, -0.05) is 18.5 Å². The number of piperidine rings is 1. The molecule has 2 saturated heterocycles. The van der Waals surface area contributed by atoms with Crippen molar-refractivity contribution in [2.75, 3.05) is 50.7 Å². The van der Waals surface area contributed by atoms with Gasteiger partial charge in [0.15, 0.2) is 0 Å². The highest BCUT2D eigenvalue weighted by molar-refractivity contribution is 6.30. The number of amides is 2. The van der Waals surface area contributed by atoms with Crippen molar-refractivity contribution >= 4 is 23.3 Å². The van der Waals surface area contributed by atoms with Crippen LogP contribution in [0.3, 0.4) is 0 Å². The number of carbonyl (C=O) groups is 1. The number of nitrogens with one attached hydrogen (secondary N) is 2. The molecule has 2 aliphatic heterocycles. The lowest BCUT2D eigenvalue weighted by atomic mass is 10.0. The summed E-state index contributed by atoms with van der Waals surface area (Å²) in [5.41, 5.74) is 1.21. The number of hydrogen-bond donors (Lipinski definition) is 2. The Morgan fingerprint density at radius 2 is 1.96 bits per heavy atom. The average molecular weight is 379 g/mol. The molecule has 144 valence electrons. The highest BCUT2D eigenvalue weighted by atomic mass is 35.5. The summed E-state index contributed by atoms with van der Waals surface area (Å²) in [6, 6.07) is 7.94. The molecule has 0 spiro atoms. The molecule has 2 N–H and O–H groups in total. The zero-order chi connectivity index (χ0) is 18.4. The first-order valence-electron chi connectivity index (χ1n) is 9.84. The van der Waals surface area contributed by atoms with Gasteiger partial charge in [0.2, 0.25) is 0 Å². The van der Waals surface area contributed by atoms with Gasteiger partial charge in [0, 0.05) is 50.0 Å². The number of halogens is 1. The van der Waals surface area contributed by atoms with Crippen molar-refractivity contribution in [2.45, 2.75) is 26.2 Å². The average Bonchev–Trinajstić information content (AvgIpc) is 3.10. The van der Waals surface area contributed by atoms with E-state index < -0.39 is 0 Å². The molecule has 0 unspecified atom stereocenters. The quantitative estimate of drug-likeness (QED) is 0.799. The summed E-state index contributed by atoms with van der Waals surface area (Å²) in [5, 5.41) is 6.80. The third kappa shape index (κ3) is 5.78. The first kappa shape index (κ1) is 19.3.